The molecular formula is C13H11BrCl2N4O2. The molecule has 1 saturated heterocycles. The Morgan fingerprint density at radius 1 is 1.23 bits per heavy atom. The zero-order valence-electron chi connectivity index (χ0n) is 11.3. The molecule has 0 aliphatic carbocycles. The van der Waals surface area contributed by atoms with Crippen molar-refractivity contribution in [2.75, 3.05) is 31.1 Å². The first-order valence-electron chi connectivity index (χ1n) is 6.50. The molecule has 1 aliphatic heterocycles. The molecule has 0 unspecified atom stereocenters. The van der Waals surface area contributed by atoms with Crippen LogP contribution in [-0.2, 0) is 0 Å². The van der Waals surface area contributed by atoms with E-state index in [9.17, 15) is 4.79 Å². The first kappa shape index (κ1) is 15.6. The number of piperazine rings is 1. The summed E-state index contributed by atoms with van der Waals surface area (Å²) in [5.41, 5.74) is 0.614. The minimum absolute atomic E-state index is 0.429. The minimum Gasteiger partial charge on any atom is -0.465 e. The number of carboxylic acid groups (broad SMARTS) is 1. The van der Waals surface area contributed by atoms with Gasteiger partial charge in [-0.05, 0) is 22.0 Å². The molecule has 2 aromatic rings. The van der Waals surface area contributed by atoms with Crippen molar-refractivity contribution in [1.82, 2.24) is 14.9 Å². The van der Waals surface area contributed by atoms with Crippen LogP contribution in [0.2, 0.25) is 10.0 Å². The predicted molar refractivity (Wildman–Crippen MR) is 89.1 cm³/mol. The van der Waals surface area contributed by atoms with Gasteiger partial charge in [0.2, 0.25) is 0 Å². The van der Waals surface area contributed by atoms with Crippen molar-refractivity contribution in [2.24, 2.45) is 0 Å². The van der Waals surface area contributed by atoms with Crippen molar-refractivity contribution < 1.29 is 9.90 Å². The molecule has 1 aromatic carbocycles. The van der Waals surface area contributed by atoms with Crippen LogP contribution in [0.25, 0.3) is 10.9 Å². The third-order valence-corrected chi connectivity index (χ3v) is 5.54. The Bertz CT molecular complexity index is 750. The quantitative estimate of drug-likeness (QED) is 0.735. The van der Waals surface area contributed by atoms with E-state index in [1.807, 2.05) is 4.90 Å². The molecule has 1 fully saturated rings. The normalized spacial score (nSPS) is 15.4. The average molecular weight is 406 g/mol. The van der Waals surface area contributed by atoms with Gasteiger partial charge in [0, 0.05) is 31.6 Å². The van der Waals surface area contributed by atoms with Gasteiger partial charge in [0.15, 0.2) is 0 Å². The maximum Gasteiger partial charge on any atom is 0.407 e. The number of carbonyl (C=O) groups is 1. The molecule has 0 radical (unpaired) electrons. The highest BCUT2D eigenvalue weighted by Crippen LogP contribution is 2.38. The number of hydrogen-bond donors (Lipinski definition) is 1. The summed E-state index contributed by atoms with van der Waals surface area (Å²) < 4.78 is 0.601. The van der Waals surface area contributed by atoms with Crippen LogP contribution in [0.1, 0.15) is 0 Å². The van der Waals surface area contributed by atoms with Crippen molar-refractivity contribution in [3.8, 4) is 0 Å². The Kier molecular flexibility index (Phi) is 4.29. The zero-order valence-corrected chi connectivity index (χ0v) is 14.4. The van der Waals surface area contributed by atoms with Crippen LogP contribution >= 0.6 is 39.1 Å². The second kappa shape index (κ2) is 6.06. The molecule has 22 heavy (non-hydrogen) atoms. The molecule has 2 heterocycles. The molecule has 1 amide bonds. The van der Waals surface area contributed by atoms with Crippen molar-refractivity contribution in [2.45, 2.75) is 0 Å². The van der Waals surface area contributed by atoms with Gasteiger partial charge < -0.3 is 14.9 Å². The van der Waals surface area contributed by atoms with E-state index in [-0.39, 0.29) is 0 Å². The van der Waals surface area contributed by atoms with E-state index in [4.69, 9.17) is 28.3 Å². The van der Waals surface area contributed by atoms with E-state index in [0.717, 1.165) is 5.39 Å². The van der Waals surface area contributed by atoms with Crippen LogP contribution < -0.4 is 4.90 Å². The smallest absolute Gasteiger partial charge is 0.407 e. The summed E-state index contributed by atoms with van der Waals surface area (Å²) in [6, 6.07) is 1.77. The molecule has 0 saturated carbocycles. The topological polar surface area (TPSA) is 69.6 Å². The third-order valence-electron chi connectivity index (χ3n) is 3.59. The maximum atomic E-state index is 11.0. The van der Waals surface area contributed by atoms with Crippen LogP contribution in [0.3, 0.4) is 0 Å². The summed E-state index contributed by atoms with van der Waals surface area (Å²) in [5, 5.41) is 10.7. The molecule has 1 aromatic heterocycles. The molecule has 0 atom stereocenters. The summed E-state index contributed by atoms with van der Waals surface area (Å²) in [4.78, 5) is 22.9. The summed E-state index contributed by atoms with van der Waals surface area (Å²) in [6.45, 7) is 1.98. The summed E-state index contributed by atoms with van der Waals surface area (Å²) in [6.07, 6.45) is 0.551. The van der Waals surface area contributed by atoms with Crippen LogP contribution in [0.15, 0.2) is 16.9 Å². The predicted octanol–water partition coefficient (Wildman–Crippen LogP) is 3.50. The lowest BCUT2D eigenvalue weighted by atomic mass is 10.2. The van der Waals surface area contributed by atoms with E-state index in [0.29, 0.717) is 52.0 Å². The first-order chi connectivity index (χ1) is 10.5. The molecule has 9 heteroatoms. The van der Waals surface area contributed by atoms with Gasteiger partial charge in [0.05, 0.1) is 20.0 Å². The van der Waals surface area contributed by atoms with Crippen molar-refractivity contribution in [3.05, 3.63) is 26.9 Å². The fourth-order valence-corrected chi connectivity index (χ4v) is 3.26. The highest BCUT2D eigenvalue weighted by Gasteiger charge is 2.23. The standard InChI is InChI=1S/C13H11BrCl2N4O2/c14-9-8(15)5-7-11(10(9)16)17-6-18-12(7)19-1-3-20(4-2-19)13(21)22/h5-6H,1-4H2,(H,21,22). The van der Waals surface area contributed by atoms with Gasteiger partial charge in [0.25, 0.3) is 0 Å². The Hall–Kier alpha value is -1.31. The van der Waals surface area contributed by atoms with E-state index < -0.39 is 6.09 Å². The second-order valence-corrected chi connectivity index (χ2v) is 6.41. The Balaban J connectivity index is 2.00. The maximum absolute atomic E-state index is 11.0. The lowest BCUT2D eigenvalue weighted by Gasteiger charge is -2.34. The number of hydrogen-bond acceptors (Lipinski definition) is 4. The summed E-state index contributed by atoms with van der Waals surface area (Å²) >= 11 is 15.8. The van der Waals surface area contributed by atoms with Gasteiger partial charge in [0.1, 0.15) is 12.1 Å². The molecule has 3 rings (SSSR count). The Labute approximate surface area is 144 Å². The number of benzene rings is 1. The summed E-state index contributed by atoms with van der Waals surface area (Å²) in [5.74, 6) is 0.714. The fourth-order valence-electron chi connectivity index (χ4n) is 2.45. The van der Waals surface area contributed by atoms with Crippen molar-refractivity contribution in [3.63, 3.8) is 0 Å². The summed E-state index contributed by atoms with van der Waals surface area (Å²) in [7, 11) is 0. The molecule has 1 aliphatic rings. The fraction of sp³-hybridized carbons (Fsp3) is 0.308. The molecule has 6 nitrogen and oxygen atoms in total. The number of anilines is 1. The van der Waals surface area contributed by atoms with Gasteiger partial charge >= 0.3 is 6.09 Å². The Morgan fingerprint density at radius 2 is 1.91 bits per heavy atom. The van der Waals surface area contributed by atoms with Crippen LogP contribution in [0.4, 0.5) is 10.6 Å². The van der Waals surface area contributed by atoms with Gasteiger partial charge in [-0.15, -0.1) is 0 Å². The third kappa shape index (κ3) is 2.68. The largest absolute Gasteiger partial charge is 0.465 e. The van der Waals surface area contributed by atoms with E-state index in [1.165, 1.54) is 11.2 Å². The van der Waals surface area contributed by atoms with Crippen molar-refractivity contribution in [1.29, 1.82) is 0 Å². The zero-order chi connectivity index (χ0) is 15.9. The molecule has 0 bridgehead atoms. The number of halogens is 3. The van der Waals surface area contributed by atoms with Crippen LogP contribution in [-0.4, -0.2) is 52.2 Å². The lowest BCUT2D eigenvalue weighted by molar-refractivity contribution is 0.142. The highest BCUT2D eigenvalue weighted by molar-refractivity contribution is 9.10. The minimum atomic E-state index is -0.901. The average Bonchev–Trinajstić information content (AvgIpc) is 2.52. The van der Waals surface area contributed by atoms with Crippen LogP contribution in [0.5, 0.6) is 0 Å². The van der Waals surface area contributed by atoms with Gasteiger partial charge in [-0.2, -0.15) is 0 Å². The number of aromatic nitrogens is 2. The van der Waals surface area contributed by atoms with E-state index >= 15 is 0 Å². The number of amides is 1. The molecular weight excluding hydrogens is 395 g/mol. The molecule has 0 spiro atoms. The number of nitrogens with zero attached hydrogens (tertiary/aromatic N) is 4. The molecule has 116 valence electrons. The molecule has 1 N–H and O–H groups in total. The Morgan fingerprint density at radius 3 is 2.55 bits per heavy atom. The monoisotopic (exact) mass is 404 g/mol. The van der Waals surface area contributed by atoms with Gasteiger partial charge in [-0.1, -0.05) is 23.2 Å². The van der Waals surface area contributed by atoms with Crippen molar-refractivity contribution >= 4 is 61.9 Å². The highest BCUT2D eigenvalue weighted by atomic mass is 79.9. The second-order valence-electron chi connectivity index (χ2n) is 4.84. The SMILES string of the molecule is O=C(O)N1CCN(c2ncnc3c(Cl)c(Br)c(Cl)cc23)CC1. The van der Waals surface area contributed by atoms with E-state index in [1.54, 1.807) is 6.07 Å². The number of rotatable bonds is 1. The first-order valence-corrected chi connectivity index (χ1v) is 8.05. The van der Waals surface area contributed by atoms with Gasteiger partial charge in [-0.3, -0.25) is 0 Å². The van der Waals surface area contributed by atoms with Crippen LogP contribution in [0, 0.1) is 0 Å². The number of fused-ring (bicyclic) bond motifs is 1. The lowest BCUT2D eigenvalue weighted by Crippen LogP contribution is -2.48. The van der Waals surface area contributed by atoms with Gasteiger partial charge in [-0.25, -0.2) is 14.8 Å². The van der Waals surface area contributed by atoms with E-state index in [2.05, 4.69) is 25.9 Å².